The van der Waals surface area contributed by atoms with E-state index in [4.69, 9.17) is 0 Å². The second-order valence-corrected chi connectivity index (χ2v) is 11.4. The molecule has 0 aliphatic carbocycles. The molecule has 0 aliphatic rings. The van der Waals surface area contributed by atoms with E-state index in [0.29, 0.717) is 22.3 Å². The molecule has 1 amide bonds. The molecule has 0 radical (unpaired) electrons. The molecule has 2 atom stereocenters. The fraction of sp³-hybridized carbons (Fsp3) is 0.964. The minimum atomic E-state index is -1.87. The summed E-state index contributed by atoms with van der Waals surface area (Å²) in [5.41, 5.74) is 0. The van der Waals surface area contributed by atoms with Crippen molar-refractivity contribution in [2.45, 2.75) is 142 Å². The van der Waals surface area contributed by atoms with Crippen molar-refractivity contribution in [1.29, 1.82) is 0 Å². The van der Waals surface area contributed by atoms with E-state index in [1.807, 2.05) is 6.92 Å². The van der Waals surface area contributed by atoms with E-state index in [0.717, 1.165) is 13.0 Å². The number of aliphatic hydroxyl groups is 2. The van der Waals surface area contributed by atoms with Crippen molar-refractivity contribution in [3.63, 3.8) is 0 Å². The summed E-state index contributed by atoms with van der Waals surface area (Å²) in [6.45, 7) is 6.96. The van der Waals surface area contributed by atoms with Gasteiger partial charge in [0.25, 0.3) is 5.91 Å². The molecule has 0 heterocycles. The highest BCUT2D eigenvalue weighted by atomic mass is 35.5. The molecule has 220 valence electrons. The van der Waals surface area contributed by atoms with Crippen LogP contribution in [0.4, 0.5) is 0 Å². The van der Waals surface area contributed by atoms with Crippen molar-refractivity contribution in [3.8, 4) is 0 Å². The Bertz CT molecular complexity index is 503. The molecule has 4 N–H and O–H groups in total. The lowest BCUT2D eigenvalue weighted by molar-refractivity contribution is -1.01. The molecule has 2 unspecified atom stereocenters. The van der Waals surface area contributed by atoms with Crippen LogP contribution in [0.25, 0.3) is 0 Å². The number of carbonyl (C=O) groups excluding carboxylic acids is 1. The Kier molecular flexibility index (Phi) is 26.9. The Labute approximate surface area is 236 Å². The number of hydrogen-bond donors (Lipinski definition) is 4. The Morgan fingerprint density at radius 3 is 1.47 bits per heavy atom. The molecule has 8 heteroatoms. The minimum Gasteiger partial charge on any atom is -1.00 e. The van der Waals surface area contributed by atoms with Gasteiger partial charge in [-0.05, 0) is 12.8 Å². The van der Waals surface area contributed by atoms with Gasteiger partial charge in [0.1, 0.15) is 0 Å². The van der Waals surface area contributed by atoms with Crippen molar-refractivity contribution in [2.24, 2.45) is 0 Å². The third-order valence-electron chi connectivity index (χ3n) is 7.20. The highest BCUT2D eigenvalue weighted by molar-refractivity contribution is 5.77. The number of unbranched alkanes of at least 4 members (excludes halogenated alkanes) is 15. The number of amides is 1. The van der Waals surface area contributed by atoms with Crippen LogP contribution in [0.2, 0.25) is 0 Å². The van der Waals surface area contributed by atoms with Gasteiger partial charge in [0, 0.05) is 13.3 Å². The van der Waals surface area contributed by atoms with Gasteiger partial charge in [-0.1, -0.05) is 104 Å². The first kappa shape index (κ1) is 40.4. The molecule has 0 aromatic heterocycles. The van der Waals surface area contributed by atoms with E-state index in [9.17, 15) is 15.0 Å². The topological polar surface area (TPSA) is 74.0 Å². The standard InChI is InChI=1S/C28H59N3O3.2ClH/c1-7-9-10-11-12-13-14-15-16-17-18-19-20-21-22-23-24-31(5,6)25-27(32)29-26(8-2)30(4)28(3,33)34;;/h26,33-34H,7-25H2,1-6H3;2*1H. The van der Waals surface area contributed by atoms with Gasteiger partial charge in [-0.25, -0.2) is 0 Å². The molecular formula is C28H61Cl2N3O3. The molecule has 36 heavy (non-hydrogen) atoms. The Morgan fingerprint density at radius 1 is 0.778 bits per heavy atom. The van der Waals surface area contributed by atoms with Crippen LogP contribution in [0.1, 0.15) is 130 Å². The maximum atomic E-state index is 12.5. The molecule has 0 rings (SSSR count). The Hall–Kier alpha value is -0.110. The quantitative estimate of drug-likeness (QED) is 0.0691. The second-order valence-electron chi connectivity index (χ2n) is 11.4. The smallest absolute Gasteiger partial charge is 0.310 e. The van der Waals surface area contributed by atoms with Gasteiger partial charge in [0.05, 0.1) is 27.7 Å². The third-order valence-corrected chi connectivity index (χ3v) is 7.20. The number of nitrogens with one attached hydrogen (secondary N) is 2. The van der Waals surface area contributed by atoms with E-state index in [1.165, 1.54) is 103 Å². The molecule has 0 fully saturated rings. The summed E-state index contributed by atoms with van der Waals surface area (Å²) < 4.78 is 0.662. The molecule has 6 nitrogen and oxygen atoms in total. The fourth-order valence-electron chi connectivity index (χ4n) is 4.64. The molecule has 0 saturated carbocycles. The average molecular weight is 559 g/mol. The summed E-state index contributed by atoms with van der Waals surface area (Å²) in [7, 11) is 5.89. The lowest BCUT2D eigenvalue weighted by Crippen LogP contribution is -3.22. The summed E-state index contributed by atoms with van der Waals surface area (Å²) in [6.07, 6.45) is 22.2. The number of halogens is 2. The molecule has 0 bridgehead atoms. The number of hydrogen-bond acceptors (Lipinski definition) is 3. The predicted octanol–water partition coefficient (Wildman–Crippen LogP) is -1.64. The van der Waals surface area contributed by atoms with Gasteiger partial charge in [-0.3, -0.25) is 9.69 Å². The number of quaternary nitrogens is 2. The lowest BCUT2D eigenvalue weighted by Gasteiger charge is -2.33. The predicted molar refractivity (Wildman–Crippen MR) is 143 cm³/mol. The first-order chi connectivity index (χ1) is 16.0. The summed E-state index contributed by atoms with van der Waals surface area (Å²) >= 11 is 0. The number of nitrogens with zero attached hydrogens (tertiary/aromatic N) is 1. The SMILES string of the molecule is CCCCCCCCCCCCCCCCCC[N+](C)(C)CC(=O)NC(CC)[NH+](C)C(C)(O)O.[Cl-].[Cl-]. The highest BCUT2D eigenvalue weighted by Crippen LogP contribution is 2.14. The summed E-state index contributed by atoms with van der Waals surface area (Å²) in [6, 6.07) is 0. The number of carbonyl (C=O) groups is 1. The fourth-order valence-corrected chi connectivity index (χ4v) is 4.64. The molecule has 0 aromatic rings. The van der Waals surface area contributed by atoms with Gasteiger partial charge in [-0.15, -0.1) is 0 Å². The Balaban J connectivity index is -0.00000544. The largest absolute Gasteiger partial charge is 1.00 e. The van der Waals surface area contributed by atoms with E-state index < -0.39 is 5.91 Å². The van der Waals surface area contributed by atoms with Gasteiger partial charge in [0.15, 0.2) is 12.7 Å². The third kappa shape index (κ3) is 23.0. The zero-order valence-electron chi connectivity index (χ0n) is 24.5. The van der Waals surface area contributed by atoms with Crippen LogP contribution < -0.4 is 35.0 Å². The zero-order chi connectivity index (χ0) is 25.9. The monoisotopic (exact) mass is 557 g/mol. The summed E-state index contributed by atoms with van der Waals surface area (Å²) in [5, 5.41) is 22.6. The van der Waals surface area contributed by atoms with Gasteiger partial charge >= 0.3 is 5.91 Å². The van der Waals surface area contributed by atoms with Crippen molar-refractivity contribution in [2.75, 3.05) is 34.2 Å². The maximum absolute atomic E-state index is 12.5. The van der Waals surface area contributed by atoms with Crippen molar-refractivity contribution in [3.05, 3.63) is 0 Å². The van der Waals surface area contributed by atoms with Gasteiger partial charge < -0.3 is 44.8 Å². The van der Waals surface area contributed by atoms with Crippen LogP contribution in [0, 0.1) is 0 Å². The van der Waals surface area contributed by atoms with Crippen LogP contribution in [0.15, 0.2) is 0 Å². The first-order valence-corrected chi connectivity index (χ1v) is 14.4. The van der Waals surface area contributed by atoms with Gasteiger partial charge in [-0.2, -0.15) is 0 Å². The van der Waals surface area contributed by atoms with E-state index in [-0.39, 0.29) is 36.9 Å². The molecule has 0 aliphatic heterocycles. The van der Waals surface area contributed by atoms with Crippen LogP contribution in [-0.2, 0) is 4.79 Å². The summed E-state index contributed by atoms with van der Waals surface area (Å²) in [5.74, 6) is -1.90. The van der Waals surface area contributed by atoms with Crippen LogP contribution in [-0.4, -0.2) is 66.9 Å². The van der Waals surface area contributed by atoms with Gasteiger partial charge in [0.2, 0.25) is 0 Å². The minimum absolute atomic E-state index is 0. The van der Waals surface area contributed by atoms with Crippen molar-refractivity contribution < 1.29 is 49.2 Å². The van der Waals surface area contributed by atoms with Crippen molar-refractivity contribution >= 4 is 5.91 Å². The first-order valence-electron chi connectivity index (χ1n) is 14.4. The van der Waals surface area contributed by atoms with Crippen LogP contribution in [0.5, 0.6) is 0 Å². The molecule has 0 aromatic carbocycles. The normalized spacial score (nSPS) is 13.4. The maximum Gasteiger partial charge on any atom is 0.310 e. The molecular weight excluding hydrogens is 497 g/mol. The summed E-state index contributed by atoms with van der Waals surface area (Å²) in [4.78, 5) is 13.0. The van der Waals surface area contributed by atoms with Crippen molar-refractivity contribution in [1.82, 2.24) is 5.32 Å². The zero-order valence-corrected chi connectivity index (χ0v) is 26.0. The number of rotatable bonds is 23. The van der Waals surface area contributed by atoms with E-state index >= 15 is 0 Å². The van der Waals surface area contributed by atoms with Crippen LogP contribution >= 0.6 is 0 Å². The molecule has 0 spiro atoms. The molecule has 0 saturated heterocycles. The number of likely N-dealkylation sites (N-methyl/N-ethyl adjacent to an activating group) is 1. The average Bonchev–Trinajstić information content (AvgIpc) is 2.75. The lowest BCUT2D eigenvalue weighted by atomic mass is 10.0. The second kappa shape index (κ2) is 24.0. The van der Waals surface area contributed by atoms with E-state index in [2.05, 4.69) is 26.3 Å². The van der Waals surface area contributed by atoms with Crippen LogP contribution in [0.3, 0.4) is 0 Å². The highest BCUT2D eigenvalue weighted by Gasteiger charge is 2.34. The Morgan fingerprint density at radius 2 is 1.14 bits per heavy atom. The van der Waals surface area contributed by atoms with E-state index in [1.54, 1.807) is 7.05 Å².